The third-order valence-corrected chi connectivity index (χ3v) is 4.13. The Morgan fingerprint density at radius 1 is 1.52 bits per heavy atom. The lowest BCUT2D eigenvalue weighted by molar-refractivity contribution is -0.120. The quantitative estimate of drug-likeness (QED) is 0.507. The zero-order valence-electron chi connectivity index (χ0n) is 13.3. The molecule has 0 unspecified atom stereocenters. The molecule has 0 radical (unpaired) electrons. The first-order valence-electron chi connectivity index (χ1n) is 7.43. The normalized spacial score (nSPS) is 19.9. The van der Waals surface area contributed by atoms with Crippen molar-refractivity contribution < 1.29 is 9.53 Å². The number of carbonyl (C=O) groups is 1. The van der Waals surface area contributed by atoms with E-state index < -0.39 is 0 Å². The van der Waals surface area contributed by atoms with Crippen molar-refractivity contribution in [2.45, 2.75) is 45.6 Å². The van der Waals surface area contributed by atoms with Crippen molar-refractivity contribution in [1.82, 2.24) is 5.43 Å². The van der Waals surface area contributed by atoms with Gasteiger partial charge in [0.15, 0.2) is 0 Å². The summed E-state index contributed by atoms with van der Waals surface area (Å²) in [5.74, 6) is 6.36. The number of rotatable bonds is 4. The average molecular weight is 291 g/mol. The number of nitrogens with zero attached hydrogens (tertiary/aromatic N) is 1. The number of anilines is 1. The van der Waals surface area contributed by atoms with Crippen molar-refractivity contribution >= 4 is 11.6 Å². The molecule has 0 bridgehead atoms. The van der Waals surface area contributed by atoms with Crippen molar-refractivity contribution in [3.8, 4) is 5.75 Å². The van der Waals surface area contributed by atoms with Crippen molar-refractivity contribution in [2.24, 2.45) is 5.84 Å². The SMILES string of the molecule is CCOc1ccc2c(c1)[C@@H](C)CC(C)(C)N2CC(=O)NN. The molecule has 5 heteroatoms. The van der Waals surface area contributed by atoms with Gasteiger partial charge in [-0.25, -0.2) is 5.84 Å². The first-order chi connectivity index (χ1) is 9.89. The maximum absolute atomic E-state index is 11.7. The van der Waals surface area contributed by atoms with E-state index in [0.29, 0.717) is 12.5 Å². The average Bonchev–Trinajstić information content (AvgIpc) is 2.43. The third-order valence-electron chi connectivity index (χ3n) is 4.13. The molecule has 0 saturated carbocycles. The maximum Gasteiger partial charge on any atom is 0.253 e. The molecule has 116 valence electrons. The van der Waals surface area contributed by atoms with Gasteiger partial charge < -0.3 is 9.64 Å². The summed E-state index contributed by atoms with van der Waals surface area (Å²) in [5.41, 5.74) is 4.44. The third kappa shape index (κ3) is 3.13. The number of amides is 1. The van der Waals surface area contributed by atoms with E-state index in [9.17, 15) is 4.79 Å². The molecule has 2 rings (SSSR count). The number of fused-ring (bicyclic) bond motifs is 1. The van der Waals surface area contributed by atoms with Crippen LogP contribution in [0.5, 0.6) is 5.75 Å². The topological polar surface area (TPSA) is 67.6 Å². The summed E-state index contributed by atoms with van der Waals surface area (Å²) in [7, 11) is 0. The molecular weight excluding hydrogens is 266 g/mol. The minimum absolute atomic E-state index is 0.0912. The molecule has 1 aromatic rings. The molecular formula is C16H25N3O2. The molecule has 0 spiro atoms. The second-order valence-corrected chi connectivity index (χ2v) is 6.22. The number of nitrogens with two attached hydrogens (primary N) is 1. The lowest BCUT2D eigenvalue weighted by Crippen LogP contribution is -2.53. The smallest absolute Gasteiger partial charge is 0.253 e. The van der Waals surface area contributed by atoms with Gasteiger partial charge in [-0.15, -0.1) is 0 Å². The van der Waals surface area contributed by atoms with E-state index in [1.54, 1.807) is 0 Å². The van der Waals surface area contributed by atoms with Gasteiger partial charge in [-0.2, -0.15) is 0 Å². The predicted molar refractivity (Wildman–Crippen MR) is 84.4 cm³/mol. The minimum atomic E-state index is -0.183. The monoisotopic (exact) mass is 291 g/mol. The molecule has 1 aliphatic heterocycles. The number of ether oxygens (including phenoxy) is 1. The fourth-order valence-electron chi connectivity index (χ4n) is 3.21. The van der Waals surface area contributed by atoms with Crippen molar-refractivity contribution in [2.75, 3.05) is 18.1 Å². The Morgan fingerprint density at radius 3 is 2.86 bits per heavy atom. The standard InChI is InChI=1S/C16H25N3O2/c1-5-21-12-6-7-14-13(8-12)11(2)9-16(3,4)19(14)10-15(20)18-17/h6-8,11H,5,9-10,17H2,1-4H3,(H,18,20)/t11-/m0/s1. The minimum Gasteiger partial charge on any atom is -0.494 e. The lowest BCUT2D eigenvalue weighted by atomic mass is 9.80. The van der Waals surface area contributed by atoms with Crippen LogP contribution in [0.2, 0.25) is 0 Å². The number of hydrazine groups is 1. The first kappa shape index (κ1) is 15.6. The highest BCUT2D eigenvalue weighted by molar-refractivity contribution is 5.82. The number of benzene rings is 1. The zero-order valence-corrected chi connectivity index (χ0v) is 13.3. The largest absolute Gasteiger partial charge is 0.494 e. The summed E-state index contributed by atoms with van der Waals surface area (Å²) in [6, 6.07) is 6.09. The van der Waals surface area contributed by atoms with Crippen molar-refractivity contribution in [3.05, 3.63) is 23.8 Å². The molecule has 5 nitrogen and oxygen atoms in total. The lowest BCUT2D eigenvalue weighted by Gasteiger charge is -2.47. The summed E-state index contributed by atoms with van der Waals surface area (Å²) in [5, 5.41) is 0. The van der Waals surface area contributed by atoms with E-state index in [1.165, 1.54) is 5.56 Å². The summed E-state index contributed by atoms with van der Waals surface area (Å²) in [6.07, 6.45) is 0.980. The fourth-order valence-corrected chi connectivity index (χ4v) is 3.21. The zero-order chi connectivity index (χ0) is 15.6. The Morgan fingerprint density at radius 2 is 2.24 bits per heavy atom. The molecule has 1 aliphatic rings. The van der Waals surface area contributed by atoms with Gasteiger partial charge in [-0.05, 0) is 56.9 Å². The molecule has 0 aromatic heterocycles. The number of carbonyl (C=O) groups excluding carboxylic acids is 1. The van der Waals surface area contributed by atoms with E-state index in [2.05, 4.69) is 37.2 Å². The molecule has 1 amide bonds. The highest BCUT2D eigenvalue weighted by Gasteiger charge is 2.37. The van der Waals surface area contributed by atoms with Crippen LogP contribution in [0.4, 0.5) is 5.69 Å². The summed E-state index contributed by atoms with van der Waals surface area (Å²) in [4.78, 5) is 13.9. The second-order valence-electron chi connectivity index (χ2n) is 6.22. The summed E-state index contributed by atoms with van der Waals surface area (Å²) >= 11 is 0. The van der Waals surface area contributed by atoms with Crippen LogP contribution in [0, 0.1) is 0 Å². The Kier molecular flexibility index (Phi) is 4.42. The number of hydrogen-bond acceptors (Lipinski definition) is 4. The van der Waals surface area contributed by atoms with Gasteiger partial charge in [-0.3, -0.25) is 10.2 Å². The molecule has 3 N–H and O–H groups in total. The number of nitrogens with one attached hydrogen (secondary N) is 1. The van der Waals surface area contributed by atoms with E-state index >= 15 is 0 Å². The van der Waals surface area contributed by atoms with Gasteiger partial charge >= 0.3 is 0 Å². The molecule has 1 atom stereocenters. The van der Waals surface area contributed by atoms with Gasteiger partial charge in [0.2, 0.25) is 0 Å². The Hall–Kier alpha value is -1.75. The van der Waals surface area contributed by atoms with Gasteiger partial charge in [0.05, 0.1) is 13.2 Å². The molecule has 1 heterocycles. The highest BCUT2D eigenvalue weighted by atomic mass is 16.5. The Bertz CT molecular complexity index is 528. The van der Waals surface area contributed by atoms with Crippen molar-refractivity contribution in [1.29, 1.82) is 0 Å². The maximum atomic E-state index is 11.7. The van der Waals surface area contributed by atoms with E-state index in [-0.39, 0.29) is 18.0 Å². The van der Waals surface area contributed by atoms with Gasteiger partial charge in [0.1, 0.15) is 5.75 Å². The van der Waals surface area contributed by atoms with Crippen molar-refractivity contribution in [3.63, 3.8) is 0 Å². The fraction of sp³-hybridized carbons (Fsp3) is 0.562. The van der Waals surface area contributed by atoms with Crippen LogP contribution in [0.1, 0.15) is 45.6 Å². The van der Waals surface area contributed by atoms with Gasteiger partial charge in [0, 0.05) is 11.2 Å². The summed E-state index contributed by atoms with van der Waals surface area (Å²) in [6.45, 7) is 9.43. The summed E-state index contributed by atoms with van der Waals surface area (Å²) < 4.78 is 5.59. The molecule has 21 heavy (non-hydrogen) atoms. The van der Waals surface area contributed by atoms with Crippen LogP contribution in [0.25, 0.3) is 0 Å². The van der Waals surface area contributed by atoms with Gasteiger partial charge in [-0.1, -0.05) is 6.92 Å². The molecule has 1 aromatic carbocycles. The van der Waals surface area contributed by atoms with E-state index in [0.717, 1.165) is 17.9 Å². The van der Waals surface area contributed by atoms with Crippen LogP contribution < -0.4 is 20.9 Å². The van der Waals surface area contributed by atoms with Crippen LogP contribution in [0.15, 0.2) is 18.2 Å². The predicted octanol–water partition coefficient (Wildman–Crippen LogP) is 2.17. The Labute approximate surface area is 126 Å². The molecule has 0 fully saturated rings. The van der Waals surface area contributed by atoms with Crippen LogP contribution in [-0.4, -0.2) is 24.6 Å². The Balaban J connectivity index is 2.42. The highest BCUT2D eigenvalue weighted by Crippen LogP contribution is 2.44. The van der Waals surface area contributed by atoms with E-state index in [1.807, 2.05) is 19.1 Å². The van der Waals surface area contributed by atoms with Crippen LogP contribution >= 0.6 is 0 Å². The molecule has 0 saturated heterocycles. The van der Waals surface area contributed by atoms with Crippen LogP contribution in [-0.2, 0) is 4.79 Å². The second kappa shape index (κ2) is 5.93. The van der Waals surface area contributed by atoms with E-state index in [4.69, 9.17) is 10.6 Å². The molecule has 0 aliphatic carbocycles. The first-order valence-corrected chi connectivity index (χ1v) is 7.43. The van der Waals surface area contributed by atoms with Crippen LogP contribution in [0.3, 0.4) is 0 Å². The van der Waals surface area contributed by atoms with Gasteiger partial charge in [0.25, 0.3) is 5.91 Å². The number of hydrogen-bond donors (Lipinski definition) is 2.